The average molecular weight is 309 g/mol. The van der Waals surface area contributed by atoms with Crippen molar-refractivity contribution in [1.82, 2.24) is 4.98 Å². The highest BCUT2D eigenvalue weighted by Crippen LogP contribution is 2.34. The Kier molecular flexibility index (Phi) is 2.51. The molecule has 0 spiro atoms. The monoisotopic (exact) mass is 309 g/mol. The molecule has 0 saturated carbocycles. The fourth-order valence-electron chi connectivity index (χ4n) is 3.55. The lowest BCUT2D eigenvalue weighted by Gasteiger charge is -2.18. The minimum atomic E-state index is -0.185. The van der Waals surface area contributed by atoms with E-state index in [-0.39, 0.29) is 17.3 Å². The molecule has 3 aromatic carbocycles. The summed E-state index contributed by atoms with van der Waals surface area (Å²) in [5.74, 6) is -0.316. The number of fused-ring (bicyclic) bond motifs is 6. The normalized spacial score (nSPS) is 13.2. The number of ketones is 2. The first-order chi connectivity index (χ1) is 11.8. The van der Waals surface area contributed by atoms with Crippen LogP contribution >= 0.6 is 0 Å². The number of aromatic nitrogens is 1. The van der Waals surface area contributed by atoms with Gasteiger partial charge in [-0.2, -0.15) is 0 Å². The first-order valence-corrected chi connectivity index (χ1v) is 7.74. The SMILES string of the molecule is O=C1c2ccc3c(ccc4ccccc43)c2C(=O)c2cccnc21. The van der Waals surface area contributed by atoms with Crippen LogP contribution in [-0.4, -0.2) is 16.6 Å². The van der Waals surface area contributed by atoms with Crippen LogP contribution < -0.4 is 0 Å². The molecular formula is C21H11NO2. The number of nitrogens with zero attached hydrogens (tertiary/aromatic N) is 1. The summed E-state index contributed by atoms with van der Waals surface area (Å²) in [6.07, 6.45) is 1.55. The van der Waals surface area contributed by atoms with E-state index >= 15 is 0 Å². The van der Waals surface area contributed by atoms with Gasteiger partial charge >= 0.3 is 0 Å². The van der Waals surface area contributed by atoms with Gasteiger partial charge in [0.1, 0.15) is 5.69 Å². The van der Waals surface area contributed by atoms with Crippen molar-refractivity contribution >= 4 is 33.1 Å². The standard InChI is InChI=1S/C21H11NO2/c23-20-17-6-3-11-22-19(17)21(24)16-10-9-14-13-5-2-1-4-12(13)7-8-15(14)18(16)20/h1-11H. The average Bonchev–Trinajstić information content (AvgIpc) is 2.65. The number of benzene rings is 3. The van der Waals surface area contributed by atoms with Crippen molar-refractivity contribution in [3.05, 3.63) is 89.2 Å². The second-order valence-electron chi connectivity index (χ2n) is 5.93. The van der Waals surface area contributed by atoms with Gasteiger partial charge in [0, 0.05) is 17.3 Å². The Morgan fingerprint density at radius 3 is 2.38 bits per heavy atom. The summed E-state index contributed by atoms with van der Waals surface area (Å²) < 4.78 is 0. The van der Waals surface area contributed by atoms with E-state index in [1.807, 2.05) is 42.5 Å². The molecule has 1 aliphatic rings. The smallest absolute Gasteiger partial charge is 0.212 e. The van der Waals surface area contributed by atoms with Gasteiger partial charge in [-0.05, 0) is 39.7 Å². The molecule has 0 atom stereocenters. The summed E-state index contributed by atoms with van der Waals surface area (Å²) >= 11 is 0. The number of hydrogen-bond donors (Lipinski definition) is 0. The van der Waals surface area contributed by atoms with E-state index in [2.05, 4.69) is 4.98 Å². The Morgan fingerprint density at radius 1 is 0.625 bits per heavy atom. The zero-order chi connectivity index (χ0) is 16.3. The first kappa shape index (κ1) is 13.1. The number of hydrogen-bond acceptors (Lipinski definition) is 3. The van der Waals surface area contributed by atoms with Crippen molar-refractivity contribution in [2.45, 2.75) is 0 Å². The van der Waals surface area contributed by atoms with E-state index in [0.29, 0.717) is 16.7 Å². The molecule has 0 fully saturated rings. The van der Waals surface area contributed by atoms with Gasteiger partial charge in [-0.25, -0.2) is 0 Å². The van der Waals surface area contributed by atoms with Crippen LogP contribution in [0.2, 0.25) is 0 Å². The summed E-state index contributed by atoms with van der Waals surface area (Å²) in [7, 11) is 0. The van der Waals surface area contributed by atoms with Crippen LogP contribution in [0.4, 0.5) is 0 Å². The number of rotatable bonds is 0. The lowest BCUT2D eigenvalue weighted by molar-refractivity contribution is 0.0976. The van der Waals surface area contributed by atoms with E-state index in [1.54, 1.807) is 24.4 Å². The summed E-state index contributed by atoms with van der Waals surface area (Å²) in [5, 5.41) is 4.00. The van der Waals surface area contributed by atoms with E-state index in [4.69, 9.17) is 0 Å². The van der Waals surface area contributed by atoms with E-state index < -0.39 is 0 Å². The Balaban J connectivity index is 1.93. The first-order valence-electron chi connectivity index (χ1n) is 7.74. The summed E-state index contributed by atoms with van der Waals surface area (Å²) in [5.41, 5.74) is 1.56. The van der Waals surface area contributed by atoms with Crippen molar-refractivity contribution in [3.8, 4) is 0 Å². The molecule has 0 radical (unpaired) electrons. The lowest BCUT2D eigenvalue weighted by atomic mass is 9.83. The molecule has 1 aromatic heterocycles. The quantitative estimate of drug-likeness (QED) is 0.403. The molecule has 3 heteroatoms. The largest absolute Gasteiger partial charge is 0.288 e. The number of carbonyl (C=O) groups excluding carboxylic acids is 2. The molecule has 1 heterocycles. The Bertz CT molecular complexity index is 1190. The third-order valence-corrected chi connectivity index (χ3v) is 4.67. The molecule has 112 valence electrons. The molecule has 24 heavy (non-hydrogen) atoms. The van der Waals surface area contributed by atoms with Crippen molar-refractivity contribution in [2.24, 2.45) is 0 Å². The van der Waals surface area contributed by atoms with Crippen molar-refractivity contribution in [1.29, 1.82) is 0 Å². The molecule has 5 rings (SSSR count). The second-order valence-corrected chi connectivity index (χ2v) is 5.93. The van der Waals surface area contributed by atoms with Crippen LogP contribution in [-0.2, 0) is 0 Å². The minimum Gasteiger partial charge on any atom is -0.288 e. The van der Waals surface area contributed by atoms with Crippen molar-refractivity contribution in [3.63, 3.8) is 0 Å². The second kappa shape index (κ2) is 4.59. The molecule has 0 N–H and O–H groups in total. The Hall–Kier alpha value is -3.33. The van der Waals surface area contributed by atoms with Crippen molar-refractivity contribution in [2.75, 3.05) is 0 Å². The van der Waals surface area contributed by atoms with Crippen LogP contribution in [0.3, 0.4) is 0 Å². The fraction of sp³-hybridized carbons (Fsp3) is 0. The fourth-order valence-corrected chi connectivity index (χ4v) is 3.55. The van der Waals surface area contributed by atoms with Crippen LogP contribution in [0.25, 0.3) is 21.5 Å². The molecule has 1 aliphatic carbocycles. The van der Waals surface area contributed by atoms with Crippen LogP contribution in [0, 0.1) is 0 Å². The maximum Gasteiger partial charge on any atom is 0.212 e. The zero-order valence-electron chi connectivity index (χ0n) is 12.6. The van der Waals surface area contributed by atoms with Gasteiger partial charge in [0.15, 0.2) is 5.78 Å². The summed E-state index contributed by atoms with van der Waals surface area (Å²) in [6, 6.07) is 19.0. The van der Waals surface area contributed by atoms with Crippen LogP contribution in [0.1, 0.15) is 32.0 Å². The van der Waals surface area contributed by atoms with Crippen molar-refractivity contribution < 1.29 is 9.59 Å². The summed E-state index contributed by atoms with van der Waals surface area (Å²) in [6.45, 7) is 0. The minimum absolute atomic E-state index is 0.131. The molecule has 0 aliphatic heterocycles. The Labute approximate surface area is 137 Å². The highest BCUT2D eigenvalue weighted by Gasteiger charge is 2.32. The van der Waals surface area contributed by atoms with Gasteiger partial charge in [0.2, 0.25) is 5.78 Å². The molecule has 0 unspecified atom stereocenters. The number of pyridine rings is 1. The molecule has 0 saturated heterocycles. The molecular weight excluding hydrogens is 298 g/mol. The molecule has 0 amide bonds. The van der Waals surface area contributed by atoms with Crippen LogP contribution in [0.5, 0.6) is 0 Å². The van der Waals surface area contributed by atoms with E-state index in [1.165, 1.54) is 0 Å². The maximum atomic E-state index is 13.0. The van der Waals surface area contributed by atoms with Gasteiger partial charge in [-0.3, -0.25) is 14.6 Å². The molecule has 3 nitrogen and oxygen atoms in total. The van der Waals surface area contributed by atoms with Gasteiger partial charge in [0.25, 0.3) is 0 Å². The predicted molar refractivity (Wildman–Crippen MR) is 92.6 cm³/mol. The zero-order valence-corrected chi connectivity index (χ0v) is 12.6. The third-order valence-electron chi connectivity index (χ3n) is 4.67. The molecule has 0 bridgehead atoms. The number of carbonyl (C=O) groups is 2. The predicted octanol–water partition coefficient (Wildman–Crippen LogP) is 4.16. The molecule has 4 aromatic rings. The highest BCUT2D eigenvalue weighted by molar-refractivity contribution is 6.32. The topological polar surface area (TPSA) is 47.0 Å². The Morgan fingerprint density at radius 2 is 1.46 bits per heavy atom. The van der Waals surface area contributed by atoms with Gasteiger partial charge < -0.3 is 0 Å². The lowest BCUT2D eigenvalue weighted by Crippen LogP contribution is -2.22. The van der Waals surface area contributed by atoms with E-state index in [0.717, 1.165) is 21.5 Å². The third kappa shape index (κ3) is 1.58. The van der Waals surface area contributed by atoms with Gasteiger partial charge in [-0.1, -0.05) is 42.5 Å². The van der Waals surface area contributed by atoms with Gasteiger partial charge in [-0.15, -0.1) is 0 Å². The summed E-state index contributed by atoms with van der Waals surface area (Å²) in [4.78, 5) is 29.9. The highest BCUT2D eigenvalue weighted by atomic mass is 16.1. The van der Waals surface area contributed by atoms with Gasteiger partial charge in [0.05, 0.1) is 5.56 Å². The van der Waals surface area contributed by atoms with E-state index in [9.17, 15) is 9.59 Å². The van der Waals surface area contributed by atoms with Crippen LogP contribution in [0.15, 0.2) is 66.9 Å². The maximum absolute atomic E-state index is 13.0.